The van der Waals surface area contributed by atoms with Gasteiger partial charge in [0.1, 0.15) is 11.9 Å². The van der Waals surface area contributed by atoms with Crippen molar-refractivity contribution in [2.75, 3.05) is 31.1 Å². The van der Waals surface area contributed by atoms with Gasteiger partial charge in [-0.3, -0.25) is 9.59 Å². The lowest BCUT2D eigenvalue weighted by Gasteiger charge is -2.30. The fourth-order valence-corrected chi connectivity index (χ4v) is 6.14. The van der Waals surface area contributed by atoms with E-state index in [1.807, 2.05) is 16.7 Å². The minimum atomic E-state index is -3.14. The zero-order valence-corrected chi connectivity index (χ0v) is 22.3. The van der Waals surface area contributed by atoms with Crippen molar-refractivity contribution in [2.45, 2.75) is 37.3 Å². The summed E-state index contributed by atoms with van der Waals surface area (Å²) in [5.74, 6) is -0.650. The zero-order valence-electron chi connectivity index (χ0n) is 21.5. The Labute approximate surface area is 227 Å². The van der Waals surface area contributed by atoms with Gasteiger partial charge in [0.2, 0.25) is 5.91 Å². The molecule has 5 rings (SSSR count). The molecule has 1 saturated carbocycles. The van der Waals surface area contributed by atoms with Crippen LogP contribution in [0.15, 0.2) is 67.3 Å². The van der Waals surface area contributed by atoms with Crippen LogP contribution in [0.3, 0.4) is 0 Å². The van der Waals surface area contributed by atoms with E-state index in [1.54, 1.807) is 43.0 Å². The van der Waals surface area contributed by atoms with E-state index in [0.29, 0.717) is 36.9 Å². The van der Waals surface area contributed by atoms with Crippen LogP contribution in [0.5, 0.6) is 0 Å². The minimum Gasteiger partial charge on any atom is -0.340 e. The number of halogens is 1. The summed E-state index contributed by atoms with van der Waals surface area (Å²) >= 11 is 0. The quantitative estimate of drug-likeness (QED) is 0.373. The number of hydrogen-bond donors (Lipinski definition) is 2. The topological polar surface area (TPSA) is 113 Å². The van der Waals surface area contributed by atoms with Crippen LogP contribution < -0.4 is 10.6 Å². The summed E-state index contributed by atoms with van der Waals surface area (Å²) in [6.45, 7) is 0.926. The highest BCUT2D eigenvalue weighted by Gasteiger charge is 2.38. The first kappa shape index (κ1) is 27.0. The van der Waals surface area contributed by atoms with Crippen LogP contribution in [0.1, 0.15) is 41.1 Å². The molecular weight excluding hydrogens is 521 g/mol. The van der Waals surface area contributed by atoms with Gasteiger partial charge in [-0.15, -0.1) is 0 Å². The molecule has 2 aliphatic rings. The summed E-state index contributed by atoms with van der Waals surface area (Å²) in [5.41, 5.74) is 2.39. The van der Waals surface area contributed by atoms with Crippen LogP contribution in [-0.4, -0.2) is 77.9 Å². The first-order valence-corrected chi connectivity index (χ1v) is 15.0. The van der Waals surface area contributed by atoms with Crippen molar-refractivity contribution in [3.05, 3.63) is 84.2 Å². The first-order valence-electron chi connectivity index (χ1n) is 13.2. The molecule has 9 nitrogen and oxygen atoms in total. The second kappa shape index (κ2) is 11.7. The van der Waals surface area contributed by atoms with E-state index >= 15 is 0 Å². The SMILES string of the molecule is O=C(N[C@@H](CCCN[C@@H]1C[C@H]1c1ccc(F)cc1)C(=O)N1CCS(=O)(=O)CC1)c1ccc(-n2ccnc2)cc1. The zero-order chi connectivity index (χ0) is 27.4. The maximum atomic E-state index is 13.3. The lowest BCUT2D eigenvalue weighted by Crippen LogP contribution is -2.53. The molecule has 0 radical (unpaired) electrons. The van der Waals surface area contributed by atoms with E-state index in [1.165, 1.54) is 17.0 Å². The highest BCUT2D eigenvalue weighted by atomic mass is 32.2. The van der Waals surface area contributed by atoms with Crippen LogP contribution in [0, 0.1) is 5.82 Å². The molecule has 2 N–H and O–H groups in total. The molecule has 3 atom stereocenters. The van der Waals surface area contributed by atoms with Gasteiger partial charge >= 0.3 is 0 Å². The molecule has 0 unspecified atom stereocenters. The average molecular weight is 554 g/mol. The Morgan fingerprint density at radius 1 is 1.05 bits per heavy atom. The summed E-state index contributed by atoms with van der Waals surface area (Å²) in [6, 6.07) is 13.1. The number of sulfone groups is 1. The van der Waals surface area contributed by atoms with E-state index in [-0.39, 0.29) is 42.2 Å². The lowest BCUT2D eigenvalue weighted by atomic mass is 10.1. The number of rotatable bonds is 10. The van der Waals surface area contributed by atoms with Crippen LogP contribution in [0.2, 0.25) is 0 Å². The Bertz CT molecular complexity index is 1380. The van der Waals surface area contributed by atoms with Gasteiger partial charge in [0.15, 0.2) is 9.84 Å². The number of nitrogens with zero attached hydrogens (tertiary/aromatic N) is 3. The monoisotopic (exact) mass is 553 g/mol. The number of carbonyl (C=O) groups excluding carboxylic acids is 2. The maximum Gasteiger partial charge on any atom is 0.251 e. The average Bonchev–Trinajstić information content (AvgIpc) is 3.49. The number of imidazole rings is 1. The van der Waals surface area contributed by atoms with Crippen molar-refractivity contribution in [3.8, 4) is 5.69 Å². The normalized spacial score (nSPS) is 20.8. The molecule has 2 fully saturated rings. The second-order valence-corrected chi connectivity index (χ2v) is 12.4. The largest absolute Gasteiger partial charge is 0.340 e. The number of nitrogens with one attached hydrogen (secondary N) is 2. The van der Waals surface area contributed by atoms with Crippen molar-refractivity contribution in [1.29, 1.82) is 0 Å². The molecule has 1 saturated heterocycles. The van der Waals surface area contributed by atoms with Crippen LogP contribution in [0.25, 0.3) is 5.69 Å². The first-order chi connectivity index (χ1) is 18.8. The van der Waals surface area contributed by atoms with E-state index in [9.17, 15) is 22.4 Å². The Morgan fingerprint density at radius 3 is 2.44 bits per heavy atom. The van der Waals surface area contributed by atoms with Gasteiger partial charge in [-0.1, -0.05) is 12.1 Å². The van der Waals surface area contributed by atoms with Gasteiger partial charge in [0, 0.05) is 48.7 Å². The number of carbonyl (C=O) groups is 2. The van der Waals surface area contributed by atoms with Crippen molar-refractivity contribution >= 4 is 21.7 Å². The number of benzene rings is 2. The predicted octanol–water partition coefficient (Wildman–Crippen LogP) is 2.29. The standard InChI is InChI=1S/C28H32FN5O4S/c29-22-7-3-20(4-8-22)24-18-26(24)31-11-1-2-25(28(36)33-14-16-39(37,38)17-15-33)32-27(35)21-5-9-23(10-6-21)34-13-12-30-19-34/h3-10,12-13,19,24-26,31H,1-2,11,14-18H2,(H,32,35)/t24-,25-,26+/m0/s1. The molecule has 39 heavy (non-hydrogen) atoms. The highest BCUT2D eigenvalue weighted by molar-refractivity contribution is 7.91. The van der Waals surface area contributed by atoms with Crippen molar-refractivity contribution < 1.29 is 22.4 Å². The van der Waals surface area contributed by atoms with Gasteiger partial charge in [0.05, 0.1) is 17.8 Å². The van der Waals surface area contributed by atoms with Gasteiger partial charge in [0.25, 0.3) is 5.91 Å². The Morgan fingerprint density at radius 2 is 1.77 bits per heavy atom. The summed E-state index contributed by atoms with van der Waals surface area (Å²) < 4.78 is 38.7. The summed E-state index contributed by atoms with van der Waals surface area (Å²) in [5, 5.41) is 6.38. The molecule has 0 spiro atoms. The summed E-state index contributed by atoms with van der Waals surface area (Å²) in [7, 11) is -3.14. The smallest absolute Gasteiger partial charge is 0.251 e. The molecule has 3 aromatic rings. The molecule has 1 aliphatic carbocycles. The predicted molar refractivity (Wildman–Crippen MR) is 145 cm³/mol. The van der Waals surface area contributed by atoms with Crippen LogP contribution in [0.4, 0.5) is 4.39 Å². The molecule has 11 heteroatoms. The summed E-state index contributed by atoms with van der Waals surface area (Å²) in [4.78, 5) is 32.0. The van der Waals surface area contributed by atoms with Crippen molar-refractivity contribution in [3.63, 3.8) is 0 Å². The molecule has 2 aromatic carbocycles. The van der Waals surface area contributed by atoms with Gasteiger partial charge in [-0.2, -0.15) is 0 Å². The summed E-state index contributed by atoms with van der Waals surface area (Å²) in [6.07, 6.45) is 7.18. The van der Waals surface area contributed by atoms with Crippen molar-refractivity contribution in [1.82, 2.24) is 25.1 Å². The molecule has 1 aliphatic heterocycles. The second-order valence-electron chi connectivity index (χ2n) is 10.1. The minimum absolute atomic E-state index is 0.0663. The van der Waals surface area contributed by atoms with Crippen LogP contribution >= 0.6 is 0 Å². The van der Waals surface area contributed by atoms with E-state index in [2.05, 4.69) is 15.6 Å². The van der Waals surface area contributed by atoms with Gasteiger partial charge < -0.3 is 20.1 Å². The highest BCUT2D eigenvalue weighted by Crippen LogP contribution is 2.40. The Balaban J connectivity index is 1.18. The van der Waals surface area contributed by atoms with E-state index in [4.69, 9.17) is 0 Å². The van der Waals surface area contributed by atoms with Gasteiger partial charge in [-0.25, -0.2) is 17.8 Å². The molecular formula is C28H32FN5O4S. The third-order valence-corrected chi connectivity index (χ3v) is 8.97. The van der Waals surface area contributed by atoms with E-state index < -0.39 is 15.9 Å². The van der Waals surface area contributed by atoms with E-state index in [0.717, 1.165) is 17.7 Å². The number of amides is 2. The Kier molecular flexibility index (Phi) is 8.08. The fraction of sp³-hybridized carbons (Fsp3) is 0.393. The number of hydrogen-bond acceptors (Lipinski definition) is 6. The Hall–Kier alpha value is -3.57. The van der Waals surface area contributed by atoms with Crippen LogP contribution in [-0.2, 0) is 14.6 Å². The molecule has 1 aromatic heterocycles. The maximum absolute atomic E-state index is 13.3. The molecule has 2 amide bonds. The number of aromatic nitrogens is 2. The third-order valence-electron chi connectivity index (χ3n) is 7.36. The molecule has 2 heterocycles. The van der Waals surface area contributed by atoms with Crippen molar-refractivity contribution in [2.24, 2.45) is 0 Å². The lowest BCUT2D eigenvalue weighted by molar-refractivity contribution is -0.133. The fourth-order valence-electron chi connectivity index (χ4n) is 4.94. The molecule has 206 valence electrons. The molecule has 0 bridgehead atoms. The third kappa shape index (κ3) is 6.90. The van der Waals surface area contributed by atoms with Gasteiger partial charge in [-0.05, 0) is 67.8 Å².